The van der Waals surface area contributed by atoms with Gasteiger partial charge in [0.15, 0.2) is 24.0 Å². The van der Waals surface area contributed by atoms with Crippen molar-refractivity contribution in [3.05, 3.63) is 33.1 Å². The van der Waals surface area contributed by atoms with Gasteiger partial charge in [0.05, 0.1) is 33.0 Å². The van der Waals surface area contributed by atoms with Crippen LogP contribution in [0.4, 0.5) is 14.0 Å². The summed E-state index contributed by atoms with van der Waals surface area (Å²) in [6, 6.07) is 0.907. The number of aromatic nitrogens is 2. The molecule has 1 fully saturated rings. The number of H-pyrrole nitrogens is 1. The average Bonchev–Trinajstić information content (AvgIpc) is 3.21. The lowest BCUT2D eigenvalue weighted by atomic mass is 9.88. The zero-order valence-corrected chi connectivity index (χ0v) is 27.6. The Balaban J connectivity index is 2.21. The Morgan fingerprint density at radius 2 is 1.44 bits per heavy atom. The SMILES string of the molecule is COCC(COC)OC(=O)OCOP(=O)(OCOC(=O)OC(COC)COC)OC[C@@]1(CF)O[C@@H](n2ccc(=O)[nH]c2=O)[C@](C)(O)[C@@H]1O. The van der Waals surface area contributed by atoms with Gasteiger partial charge >= 0.3 is 25.8 Å². The first-order valence-electron chi connectivity index (χ1n) is 13.8. The second-order valence-corrected chi connectivity index (χ2v) is 11.8. The molecular weight excluding hydrogens is 682 g/mol. The zero-order chi connectivity index (χ0) is 36.0. The van der Waals surface area contributed by atoms with Crippen molar-refractivity contribution in [1.29, 1.82) is 0 Å². The number of aromatic amines is 1. The monoisotopic (exact) mass is 722 g/mol. The van der Waals surface area contributed by atoms with Crippen molar-refractivity contribution in [3.8, 4) is 0 Å². The van der Waals surface area contributed by atoms with Crippen LogP contribution in [0.5, 0.6) is 0 Å². The minimum absolute atomic E-state index is 0.0683. The van der Waals surface area contributed by atoms with Gasteiger partial charge in [-0.1, -0.05) is 0 Å². The third-order valence-electron chi connectivity index (χ3n) is 6.41. The Labute approximate surface area is 272 Å². The van der Waals surface area contributed by atoms with E-state index in [2.05, 4.69) is 0 Å². The van der Waals surface area contributed by atoms with Crippen molar-refractivity contribution in [1.82, 2.24) is 9.55 Å². The molecule has 0 amide bonds. The van der Waals surface area contributed by atoms with Crippen LogP contribution < -0.4 is 11.2 Å². The number of hydrogen-bond acceptors (Lipinski definition) is 19. The van der Waals surface area contributed by atoms with E-state index in [0.29, 0.717) is 4.57 Å². The molecule has 0 aromatic carbocycles. The molecule has 0 bridgehead atoms. The molecule has 0 unspecified atom stereocenters. The molecule has 1 aromatic heterocycles. The summed E-state index contributed by atoms with van der Waals surface area (Å²) >= 11 is 0. The fourth-order valence-electron chi connectivity index (χ4n) is 4.17. The van der Waals surface area contributed by atoms with Gasteiger partial charge in [-0.2, -0.15) is 0 Å². The lowest BCUT2D eigenvalue weighted by molar-refractivity contribution is -0.142. The van der Waals surface area contributed by atoms with Crippen molar-refractivity contribution in [3.63, 3.8) is 0 Å². The van der Waals surface area contributed by atoms with E-state index in [4.69, 9.17) is 56.2 Å². The molecule has 0 spiro atoms. The number of halogens is 1. The summed E-state index contributed by atoms with van der Waals surface area (Å²) in [6.07, 6.45) is -7.49. The molecule has 0 radical (unpaired) electrons. The minimum Gasteiger partial charge on any atom is -0.426 e. The summed E-state index contributed by atoms with van der Waals surface area (Å²) in [7, 11) is 0.311. The molecule has 1 saturated heterocycles. The molecule has 23 heteroatoms. The highest BCUT2D eigenvalue weighted by Crippen LogP contribution is 2.52. The van der Waals surface area contributed by atoms with Gasteiger partial charge in [-0.3, -0.25) is 18.9 Å². The van der Waals surface area contributed by atoms with E-state index in [0.717, 1.165) is 19.2 Å². The number of hydrogen-bond donors (Lipinski definition) is 3. The third-order valence-corrected chi connectivity index (χ3v) is 7.70. The zero-order valence-electron chi connectivity index (χ0n) is 26.7. The fourth-order valence-corrected chi connectivity index (χ4v) is 5.14. The first-order valence-corrected chi connectivity index (χ1v) is 15.3. The van der Waals surface area contributed by atoms with Gasteiger partial charge < -0.3 is 52.8 Å². The molecule has 1 aliphatic rings. The molecule has 2 heterocycles. The minimum atomic E-state index is -5.06. The summed E-state index contributed by atoms with van der Waals surface area (Å²) in [6.45, 7) is -4.42. The number of aliphatic hydroxyl groups is 2. The van der Waals surface area contributed by atoms with Crippen LogP contribution in [0.15, 0.2) is 21.9 Å². The molecule has 3 N–H and O–H groups in total. The quantitative estimate of drug-likeness (QED) is 0.0827. The summed E-state index contributed by atoms with van der Waals surface area (Å²) < 4.78 is 88.4. The number of phosphoric ester groups is 1. The van der Waals surface area contributed by atoms with Crippen LogP contribution in [0.3, 0.4) is 0 Å². The van der Waals surface area contributed by atoms with Crippen LogP contribution in [-0.2, 0) is 60.8 Å². The maximum absolute atomic E-state index is 14.6. The number of rotatable bonds is 21. The Morgan fingerprint density at radius 3 is 1.85 bits per heavy atom. The Hall–Kier alpha value is -3.02. The highest BCUT2D eigenvalue weighted by atomic mass is 31.2. The number of carbonyl (C=O) groups is 2. The van der Waals surface area contributed by atoms with E-state index in [9.17, 15) is 38.3 Å². The van der Waals surface area contributed by atoms with Crippen LogP contribution in [0.25, 0.3) is 0 Å². The van der Waals surface area contributed by atoms with Gasteiger partial charge in [-0.25, -0.2) is 32.4 Å². The van der Waals surface area contributed by atoms with Crippen LogP contribution in [0.1, 0.15) is 13.2 Å². The van der Waals surface area contributed by atoms with Gasteiger partial charge in [0.1, 0.15) is 18.4 Å². The number of phosphoric acid groups is 1. The molecule has 21 nitrogen and oxygen atoms in total. The lowest BCUT2D eigenvalue weighted by Gasteiger charge is -2.31. The highest BCUT2D eigenvalue weighted by molar-refractivity contribution is 7.48. The Bertz CT molecular complexity index is 1270. The number of alkyl halides is 1. The smallest absolute Gasteiger partial charge is 0.426 e. The standard InChI is InChI=1S/C25H40FN2O19P/c1-24(34)19(30)25(12-26,47-20(24)28-7-6-18(29)27-21(28)31)13-42-48(35,43-14-40-22(32)45-16(8-36-2)9-37-3)44-15-41-23(33)46-17(10-38-4)11-39-5/h6-7,16-17,19-20,30,34H,8-15H2,1-5H3,(H,27,29,31)/t19-,20+,24+,25+/m0/s1. The highest BCUT2D eigenvalue weighted by Gasteiger charge is 2.63. The molecule has 1 aliphatic heterocycles. The Morgan fingerprint density at radius 1 is 0.958 bits per heavy atom. The van der Waals surface area contributed by atoms with E-state index in [-0.39, 0.29) is 26.4 Å². The van der Waals surface area contributed by atoms with Crippen molar-refractivity contribution in [2.24, 2.45) is 0 Å². The van der Waals surface area contributed by atoms with Gasteiger partial charge in [0.2, 0.25) is 13.6 Å². The largest absolute Gasteiger partial charge is 0.510 e. The van der Waals surface area contributed by atoms with Gasteiger partial charge in [0, 0.05) is 40.7 Å². The van der Waals surface area contributed by atoms with Crippen LogP contribution in [0, 0.1) is 0 Å². The third kappa shape index (κ3) is 11.6. The average molecular weight is 723 g/mol. The van der Waals surface area contributed by atoms with E-state index < -0.39 is 94.0 Å². The van der Waals surface area contributed by atoms with Gasteiger partial charge in [-0.15, -0.1) is 0 Å². The maximum Gasteiger partial charge on any atom is 0.510 e. The van der Waals surface area contributed by atoms with E-state index in [1.54, 1.807) is 0 Å². The number of nitrogens with zero attached hydrogens (tertiary/aromatic N) is 1. The van der Waals surface area contributed by atoms with Crippen molar-refractivity contribution in [2.75, 3.05) is 81.7 Å². The van der Waals surface area contributed by atoms with Crippen LogP contribution in [0.2, 0.25) is 0 Å². The second kappa shape index (κ2) is 19.2. The first-order chi connectivity index (χ1) is 22.7. The lowest BCUT2D eigenvalue weighted by Crippen LogP contribution is -2.53. The van der Waals surface area contributed by atoms with E-state index in [1.165, 1.54) is 28.4 Å². The molecule has 48 heavy (non-hydrogen) atoms. The Kier molecular flexibility index (Phi) is 16.5. The summed E-state index contributed by atoms with van der Waals surface area (Å²) in [5.41, 5.74) is -6.79. The maximum atomic E-state index is 14.6. The van der Waals surface area contributed by atoms with Crippen LogP contribution >= 0.6 is 7.82 Å². The summed E-state index contributed by atoms with van der Waals surface area (Å²) in [5.74, 6) is 0. The van der Waals surface area contributed by atoms with Gasteiger partial charge in [-0.05, 0) is 6.92 Å². The normalized spacial score (nSPS) is 22.6. The number of methoxy groups -OCH3 is 4. The summed E-state index contributed by atoms with van der Waals surface area (Å²) in [5, 5.41) is 21.9. The van der Waals surface area contributed by atoms with Crippen molar-refractivity contribution < 1.29 is 85.0 Å². The van der Waals surface area contributed by atoms with Crippen molar-refractivity contribution >= 4 is 20.1 Å². The molecule has 2 rings (SSSR count). The summed E-state index contributed by atoms with van der Waals surface area (Å²) in [4.78, 5) is 50.0. The predicted molar refractivity (Wildman–Crippen MR) is 152 cm³/mol. The second-order valence-electron chi connectivity index (χ2n) is 10.1. The van der Waals surface area contributed by atoms with Gasteiger partial charge in [0.25, 0.3) is 5.56 Å². The number of carbonyl (C=O) groups excluding carboxylic acids is 2. The van der Waals surface area contributed by atoms with Crippen molar-refractivity contribution in [2.45, 2.75) is 42.7 Å². The molecule has 0 saturated carbocycles. The molecule has 4 atom stereocenters. The molecule has 0 aliphatic carbocycles. The number of nitrogens with one attached hydrogen (secondary N) is 1. The fraction of sp³-hybridized carbons (Fsp3) is 0.760. The van der Waals surface area contributed by atoms with Crippen LogP contribution in [-0.4, -0.2) is 143 Å². The molecular formula is C25H40FN2O19P. The van der Waals surface area contributed by atoms with E-state index in [1.807, 2.05) is 4.98 Å². The predicted octanol–water partition coefficient (Wildman–Crippen LogP) is -0.412. The number of ether oxygens (including phenoxy) is 9. The first kappa shape index (κ1) is 41.2. The topological polar surface area (TPSA) is 257 Å². The van der Waals surface area contributed by atoms with E-state index >= 15 is 0 Å². The molecule has 276 valence electrons. The molecule has 1 aromatic rings. The number of aliphatic hydroxyl groups excluding tert-OH is 1.